The second-order valence-electron chi connectivity index (χ2n) is 12.9. The van der Waals surface area contributed by atoms with Crippen LogP contribution in [0.25, 0.3) is 0 Å². The highest BCUT2D eigenvalue weighted by molar-refractivity contribution is 14.1. The number of hydrogen-bond acceptors (Lipinski definition) is 7. The molecule has 0 bridgehead atoms. The topological polar surface area (TPSA) is 102 Å². The van der Waals surface area contributed by atoms with Gasteiger partial charge in [0.2, 0.25) is 0 Å². The fourth-order valence-corrected chi connectivity index (χ4v) is 6.47. The standard InChI is InChI=1S/C29H43IN2O7SSi/c1-28(2,3)38-26(33)20-32(24-16-15-23(30)19-25(24)37-21-22-13-11-10-12-14-22)40(35,36)31(17-18-41(7,8)9)27(34)39-29(4,5)6/h10-16,19H,17-18,20-21H2,1-9H3. The lowest BCUT2D eigenvalue weighted by atomic mass is 10.2. The quantitative estimate of drug-likeness (QED) is 0.143. The largest absolute Gasteiger partial charge is 0.487 e. The maximum Gasteiger partial charge on any atom is 0.425 e. The Labute approximate surface area is 259 Å². The van der Waals surface area contributed by atoms with E-state index in [0.717, 1.165) is 17.7 Å². The van der Waals surface area contributed by atoms with Crippen LogP contribution in [0.15, 0.2) is 48.5 Å². The van der Waals surface area contributed by atoms with Crippen molar-refractivity contribution < 1.29 is 32.2 Å². The van der Waals surface area contributed by atoms with E-state index >= 15 is 0 Å². The second-order valence-corrected chi connectivity index (χ2v) is 21.5. The van der Waals surface area contributed by atoms with E-state index in [9.17, 15) is 18.0 Å². The third-order valence-electron chi connectivity index (χ3n) is 5.34. The zero-order valence-electron chi connectivity index (χ0n) is 25.5. The molecule has 2 aromatic rings. The minimum absolute atomic E-state index is 0.0949. The van der Waals surface area contributed by atoms with E-state index in [2.05, 4.69) is 42.2 Å². The first kappa shape index (κ1) is 34.9. The number of amides is 1. The summed E-state index contributed by atoms with van der Waals surface area (Å²) in [6.07, 6.45) is -1.01. The van der Waals surface area contributed by atoms with Crippen molar-refractivity contribution in [2.45, 2.75) is 85.0 Å². The number of hydrogen-bond donors (Lipinski definition) is 0. The predicted molar refractivity (Wildman–Crippen MR) is 173 cm³/mol. The van der Waals surface area contributed by atoms with E-state index in [0.29, 0.717) is 6.04 Å². The van der Waals surface area contributed by atoms with Gasteiger partial charge >= 0.3 is 22.3 Å². The van der Waals surface area contributed by atoms with Gasteiger partial charge in [0.1, 0.15) is 30.1 Å². The van der Waals surface area contributed by atoms with Crippen LogP contribution in [0.4, 0.5) is 10.5 Å². The van der Waals surface area contributed by atoms with Crippen LogP contribution in [0.5, 0.6) is 5.75 Å². The average molecular weight is 719 g/mol. The molecular weight excluding hydrogens is 675 g/mol. The van der Waals surface area contributed by atoms with Crippen molar-refractivity contribution in [2.24, 2.45) is 0 Å². The number of nitrogens with zero attached hydrogens (tertiary/aromatic N) is 2. The molecule has 12 heteroatoms. The van der Waals surface area contributed by atoms with Gasteiger partial charge in [-0.25, -0.2) is 9.10 Å². The highest BCUT2D eigenvalue weighted by Gasteiger charge is 2.40. The lowest BCUT2D eigenvalue weighted by Crippen LogP contribution is -2.51. The molecule has 228 valence electrons. The normalized spacial score (nSPS) is 12.4. The lowest BCUT2D eigenvalue weighted by molar-refractivity contribution is -0.152. The number of ether oxygens (including phenoxy) is 3. The van der Waals surface area contributed by atoms with E-state index in [1.54, 1.807) is 59.7 Å². The van der Waals surface area contributed by atoms with Crippen LogP contribution >= 0.6 is 22.6 Å². The smallest absolute Gasteiger partial charge is 0.425 e. The van der Waals surface area contributed by atoms with E-state index in [-0.39, 0.29) is 24.6 Å². The molecule has 2 rings (SSSR count). The van der Waals surface area contributed by atoms with Gasteiger partial charge in [0.25, 0.3) is 0 Å². The third-order valence-corrected chi connectivity index (χ3v) is 9.51. The molecule has 9 nitrogen and oxygen atoms in total. The SMILES string of the molecule is CC(C)(C)OC(=O)CN(c1ccc(I)cc1OCc1ccccc1)S(=O)(=O)N(CC[Si](C)(C)C)C(=O)OC(C)(C)C. The van der Waals surface area contributed by atoms with Crippen LogP contribution in [-0.2, 0) is 31.1 Å². The molecule has 0 saturated carbocycles. The number of carbonyl (C=O) groups is 2. The number of benzene rings is 2. The van der Waals surface area contributed by atoms with Crippen molar-refractivity contribution in [2.75, 3.05) is 17.4 Å². The fourth-order valence-electron chi connectivity index (χ4n) is 3.50. The van der Waals surface area contributed by atoms with E-state index in [1.807, 2.05) is 30.3 Å². The molecule has 1 amide bonds. The molecule has 0 spiro atoms. The summed E-state index contributed by atoms with van der Waals surface area (Å²) in [5.41, 5.74) is -0.807. The lowest BCUT2D eigenvalue weighted by Gasteiger charge is -2.34. The van der Waals surface area contributed by atoms with E-state index in [1.165, 1.54) is 0 Å². The molecule has 0 aliphatic carbocycles. The minimum atomic E-state index is -4.65. The molecule has 2 aromatic carbocycles. The number of carbonyl (C=O) groups excluding carboxylic acids is 2. The van der Waals surface area contributed by atoms with Crippen LogP contribution in [-0.4, -0.2) is 57.2 Å². The summed E-state index contributed by atoms with van der Waals surface area (Å²) in [6.45, 7) is 15.7. The summed E-state index contributed by atoms with van der Waals surface area (Å²) < 4.78 is 48.3. The Balaban J connectivity index is 2.66. The van der Waals surface area contributed by atoms with Gasteiger partial charge in [-0.15, -0.1) is 0 Å². The molecule has 0 N–H and O–H groups in total. The molecule has 0 unspecified atom stereocenters. The second kappa shape index (κ2) is 13.8. The molecule has 0 fully saturated rings. The van der Waals surface area contributed by atoms with Crippen molar-refractivity contribution >= 4 is 58.6 Å². The number of esters is 1. The fraction of sp³-hybridized carbons (Fsp3) is 0.517. The summed E-state index contributed by atoms with van der Waals surface area (Å²) in [5, 5.41) is 0. The van der Waals surface area contributed by atoms with Crippen LogP contribution in [0.3, 0.4) is 0 Å². The van der Waals surface area contributed by atoms with Crippen molar-refractivity contribution in [1.29, 1.82) is 0 Å². The van der Waals surface area contributed by atoms with Crippen LogP contribution in [0.2, 0.25) is 25.7 Å². The Bertz CT molecular complexity index is 1300. The van der Waals surface area contributed by atoms with Crippen molar-refractivity contribution in [3.63, 3.8) is 0 Å². The van der Waals surface area contributed by atoms with Gasteiger partial charge in [-0.1, -0.05) is 50.0 Å². The molecule has 0 saturated heterocycles. The molecule has 0 aromatic heterocycles. The number of halogens is 1. The summed E-state index contributed by atoms with van der Waals surface area (Å²) in [6, 6.07) is 14.9. The average Bonchev–Trinajstić information content (AvgIpc) is 2.79. The van der Waals surface area contributed by atoms with Crippen LogP contribution in [0.1, 0.15) is 47.1 Å². The van der Waals surface area contributed by atoms with E-state index in [4.69, 9.17) is 14.2 Å². The molecule has 41 heavy (non-hydrogen) atoms. The third kappa shape index (κ3) is 11.8. The summed E-state index contributed by atoms with van der Waals surface area (Å²) in [4.78, 5) is 26.5. The molecular formula is C29H43IN2O7SSi. The maximum atomic E-state index is 14.4. The highest BCUT2D eigenvalue weighted by Crippen LogP contribution is 2.34. The summed E-state index contributed by atoms with van der Waals surface area (Å²) >= 11 is 2.11. The highest BCUT2D eigenvalue weighted by atomic mass is 127. The van der Waals surface area contributed by atoms with Crippen molar-refractivity contribution in [3.8, 4) is 5.75 Å². The molecule has 0 aliphatic rings. The Hall–Kier alpha value is -2.32. The van der Waals surface area contributed by atoms with Gasteiger partial charge < -0.3 is 14.2 Å². The van der Waals surface area contributed by atoms with Crippen molar-refractivity contribution in [3.05, 3.63) is 57.7 Å². The van der Waals surface area contributed by atoms with E-state index < -0.39 is 48.1 Å². The molecule has 0 atom stereocenters. The first-order valence-corrected chi connectivity index (χ1v) is 19.6. The van der Waals surface area contributed by atoms with Gasteiger partial charge in [0.05, 0.1) is 5.69 Å². The summed E-state index contributed by atoms with van der Waals surface area (Å²) in [5.74, 6) is -0.537. The van der Waals surface area contributed by atoms with Crippen LogP contribution in [0, 0.1) is 3.57 Å². The van der Waals surface area contributed by atoms with Gasteiger partial charge in [-0.3, -0.25) is 4.79 Å². The maximum absolute atomic E-state index is 14.4. The zero-order chi connectivity index (χ0) is 31.2. The molecule has 0 radical (unpaired) electrons. The number of anilines is 1. The van der Waals surface area contributed by atoms with Gasteiger partial charge in [-0.05, 0) is 93.9 Å². The zero-order valence-corrected chi connectivity index (χ0v) is 29.5. The Kier molecular flexibility index (Phi) is 11.7. The monoisotopic (exact) mass is 718 g/mol. The Morgan fingerprint density at radius 1 is 0.902 bits per heavy atom. The van der Waals surface area contributed by atoms with Gasteiger partial charge in [0, 0.05) is 18.2 Å². The Morgan fingerprint density at radius 3 is 2.02 bits per heavy atom. The minimum Gasteiger partial charge on any atom is -0.487 e. The van der Waals surface area contributed by atoms with Crippen molar-refractivity contribution in [1.82, 2.24) is 4.31 Å². The Morgan fingerprint density at radius 2 is 1.49 bits per heavy atom. The first-order valence-electron chi connectivity index (χ1n) is 13.4. The van der Waals surface area contributed by atoms with Crippen LogP contribution < -0.4 is 9.04 Å². The number of rotatable bonds is 11. The molecule has 0 heterocycles. The van der Waals surface area contributed by atoms with Gasteiger partial charge in [-0.2, -0.15) is 12.7 Å². The first-order chi connectivity index (χ1) is 18.7. The molecule has 0 aliphatic heterocycles. The summed E-state index contributed by atoms with van der Waals surface area (Å²) in [7, 11) is -6.45. The van der Waals surface area contributed by atoms with Gasteiger partial charge in [0.15, 0.2) is 0 Å². The predicted octanol–water partition coefficient (Wildman–Crippen LogP) is 6.84.